The lowest BCUT2D eigenvalue weighted by atomic mass is 10.1. The average Bonchev–Trinajstić information content (AvgIpc) is 3.18. The number of nitrogens with one attached hydrogen (secondary N) is 1. The first-order valence-corrected chi connectivity index (χ1v) is 10.7. The van der Waals surface area contributed by atoms with Crippen LogP contribution in [-0.4, -0.2) is 73.3 Å². The van der Waals surface area contributed by atoms with Crippen molar-refractivity contribution in [3.05, 3.63) is 12.2 Å². The second-order valence-corrected chi connectivity index (χ2v) is 9.01. The van der Waals surface area contributed by atoms with Crippen LogP contribution < -0.4 is 5.73 Å². The number of aromatic nitrogens is 3. The fourth-order valence-electron chi connectivity index (χ4n) is 2.57. The molecule has 0 spiro atoms. The van der Waals surface area contributed by atoms with E-state index in [1.54, 1.807) is 0 Å². The van der Waals surface area contributed by atoms with Crippen molar-refractivity contribution in [1.29, 1.82) is 5.41 Å². The number of rotatable bonds is 10. The molecule has 1 aromatic rings. The van der Waals surface area contributed by atoms with E-state index in [4.69, 9.17) is 20.1 Å². The van der Waals surface area contributed by atoms with Crippen LogP contribution in [0.25, 0.3) is 0 Å². The summed E-state index contributed by atoms with van der Waals surface area (Å²) in [6.07, 6.45) is -1.38. The molecule has 6 atom stereocenters. The second kappa shape index (κ2) is 9.72. The number of hydrogen-bond acceptors (Lipinski definition) is 9. The molecular weight excluding hydrogens is 381 g/mol. The molecule has 26 heavy (non-hydrogen) atoms. The molecule has 0 aliphatic carbocycles. The van der Waals surface area contributed by atoms with Gasteiger partial charge in [0, 0.05) is 6.42 Å². The Balaban J connectivity index is 1.86. The second-order valence-electron chi connectivity index (χ2n) is 6.00. The zero-order valence-corrected chi connectivity index (χ0v) is 16.4. The van der Waals surface area contributed by atoms with Gasteiger partial charge in [-0.25, -0.2) is 9.67 Å². The lowest BCUT2D eigenvalue weighted by Crippen LogP contribution is -2.32. The quantitative estimate of drug-likeness (QED) is 0.188. The number of ether oxygens (including phenoxy) is 1. The molecule has 5 N–H and O–H groups in total. The topological polar surface area (TPSA) is 157 Å². The number of aliphatic hydroxyl groups excluding tert-OH is 2. The van der Waals surface area contributed by atoms with Crippen LogP contribution in [0, 0.1) is 5.41 Å². The Labute approximate surface area is 157 Å². The Morgan fingerprint density at radius 1 is 1.58 bits per heavy atom. The van der Waals surface area contributed by atoms with Gasteiger partial charge in [-0.1, -0.05) is 4.57 Å². The molecule has 0 saturated carbocycles. The van der Waals surface area contributed by atoms with E-state index in [0.29, 0.717) is 25.4 Å². The number of nitrogens with zero attached hydrogens (tertiary/aromatic N) is 3. The van der Waals surface area contributed by atoms with E-state index in [1.807, 2.05) is 13.8 Å². The Kier molecular flexibility index (Phi) is 7.93. The van der Waals surface area contributed by atoms with E-state index < -0.39 is 32.3 Å². The molecule has 1 fully saturated rings. The summed E-state index contributed by atoms with van der Waals surface area (Å²) in [5.74, 6) is -0.285. The fourth-order valence-corrected chi connectivity index (χ4v) is 4.98. The Hall–Kier alpha value is -1.10. The summed E-state index contributed by atoms with van der Waals surface area (Å²) in [6, 6.07) is 0. The first kappa shape index (κ1) is 21.2. The molecule has 1 saturated heterocycles. The van der Waals surface area contributed by atoms with Gasteiger partial charge in [0.05, 0.1) is 18.0 Å². The van der Waals surface area contributed by atoms with E-state index in [1.165, 1.54) is 23.1 Å². The van der Waals surface area contributed by atoms with E-state index in [2.05, 4.69) is 10.1 Å². The highest BCUT2D eigenvalue weighted by atomic mass is 32.2. The van der Waals surface area contributed by atoms with Crippen molar-refractivity contribution in [3.63, 3.8) is 0 Å². The van der Waals surface area contributed by atoms with Crippen molar-refractivity contribution >= 4 is 25.7 Å². The third kappa shape index (κ3) is 5.45. The standard InChI is InChI=1S/C14H25N5O5PS/c1-3-23-26-8(2)6-25(22)5-4-9-10(20)11(21)14(24-9)19-7-17-13(18-19)12(15)16/h7-11,14,20-21H,3-6H2,1-2H3,(H3,15,16)/q+1. The van der Waals surface area contributed by atoms with Crippen LogP contribution in [0.2, 0.25) is 0 Å². The fraction of sp³-hybridized carbons (Fsp3) is 0.786. The summed E-state index contributed by atoms with van der Waals surface area (Å²) < 4.78 is 24.3. The normalized spacial score (nSPS) is 27.5. The largest absolute Gasteiger partial charge is 0.388 e. The summed E-state index contributed by atoms with van der Waals surface area (Å²) in [4.78, 5) is 3.84. The number of hydrogen-bond donors (Lipinski definition) is 4. The predicted octanol–water partition coefficient (Wildman–Crippen LogP) is 0.472. The van der Waals surface area contributed by atoms with Crippen LogP contribution >= 0.6 is 19.8 Å². The van der Waals surface area contributed by atoms with E-state index in [0.717, 1.165) is 0 Å². The van der Waals surface area contributed by atoms with Gasteiger partial charge in [-0.3, -0.25) is 5.41 Å². The van der Waals surface area contributed by atoms with Gasteiger partial charge < -0.3 is 24.9 Å². The summed E-state index contributed by atoms with van der Waals surface area (Å²) in [6.45, 7) is 4.45. The van der Waals surface area contributed by atoms with Crippen molar-refractivity contribution in [2.75, 3.05) is 18.9 Å². The molecule has 0 bridgehead atoms. The number of aliphatic hydroxyl groups is 2. The third-order valence-corrected chi connectivity index (χ3v) is 6.65. The van der Waals surface area contributed by atoms with Gasteiger partial charge in [-0.05, 0) is 25.9 Å². The Morgan fingerprint density at radius 3 is 2.92 bits per heavy atom. The van der Waals surface area contributed by atoms with Crippen molar-refractivity contribution in [2.45, 2.75) is 50.1 Å². The third-order valence-electron chi connectivity index (χ3n) is 3.82. The maximum absolute atomic E-state index is 12.2. The summed E-state index contributed by atoms with van der Waals surface area (Å²) in [5.41, 5.74) is 5.32. The zero-order chi connectivity index (χ0) is 19.3. The van der Waals surface area contributed by atoms with Crippen LogP contribution in [0.5, 0.6) is 0 Å². The summed E-state index contributed by atoms with van der Waals surface area (Å²) >= 11 is 1.32. The van der Waals surface area contributed by atoms with E-state index >= 15 is 0 Å². The Morgan fingerprint density at radius 2 is 2.31 bits per heavy atom. The molecule has 1 aromatic heterocycles. The van der Waals surface area contributed by atoms with Gasteiger partial charge in [-0.2, -0.15) is 0 Å². The van der Waals surface area contributed by atoms with Crippen molar-refractivity contribution < 1.29 is 23.7 Å². The molecule has 0 radical (unpaired) electrons. The average molecular weight is 406 g/mol. The van der Waals surface area contributed by atoms with Crippen LogP contribution in [0.15, 0.2) is 6.33 Å². The molecule has 0 aromatic carbocycles. The molecule has 0 amide bonds. The van der Waals surface area contributed by atoms with Crippen molar-refractivity contribution in [1.82, 2.24) is 14.8 Å². The summed E-state index contributed by atoms with van der Waals surface area (Å²) in [7, 11) is -1.46. The molecule has 146 valence electrons. The molecule has 10 nitrogen and oxygen atoms in total. The number of nitrogen functional groups attached to an aromatic ring is 1. The maximum Gasteiger partial charge on any atom is 0.340 e. The lowest BCUT2D eigenvalue weighted by molar-refractivity contribution is -0.0449. The van der Waals surface area contributed by atoms with Crippen LogP contribution in [-0.2, 0) is 13.5 Å². The van der Waals surface area contributed by atoms with Gasteiger partial charge in [0.2, 0.25) is 5.82 Å². The minimum atomic E-state index is -1.46. The molecule has 1 aliphatic rings. The minimum absolute atomic E-state index is 0.0163. The van der Waals surface area contributed by atoms with Gasteiger partial charge in [-0.15, -0.1) is 5.10 Å². The summed E-state index contributed by atoms with van der Waals surface area (Å²) in [5, 5.41) is 31.8. The van der Waals surface area contributed by atoms with Gasteiger partial charge >= 0.3 is 7.80 Å². The Bertz CT molecular complexity index is 633. The van der Waals surface area contributed by atoms with Crippen molar-refractivity contribution in [3.8, 4) is 0 Å². The molecule has 1 aliphatic heterocycles. The highest BCUT2D eigenvalue weighted by Crippen LogP contribution is 2.34. The SMILES string of the molecule is CCOSC(C)C[P+](=O)CCC1OC(n2cnc(C(=N)N)n2)C(O)C1O. The minimum Gasteiger partial charge on any atom is -0.388 e. The zero-order valence-electron chi connectivity index (χ0n) is 14.7. The highest BCUT2D eigenvalue weighted by Gasteiger charge is 2.45. The molecule has 12 heteroatoms. The van der Waals surface area contributed by atoms with Crippen LogP contribution in [0.4, 0.5) is 0 Å². The van der Waals surface area contributed by atoms with Crippen LogP contribution in [0.1, 0.15) is 32.3 Å². The first-order chi connectivity index (χ1) is 12.3. The van der Waals surface area contributed by atoms with E-state index in [9.17, 15) is 14.8 Å². The molecular formula is C14H25N5O5PS+. The van der Waals surface area contributed by atoms with Gasteiger partial charge in [0.25, 0.3) is 0 Å². The smallest absolute Gasteiger partial charge is 0.340 e. The van der Waals surface area contributed by atoms with E-state index in [-0.39, 0.29) is 16.9 Å². The lowest BCUT2D eigenvalue weighted by Gasteiger charge is -2.13. The highest BCUT2D eigenvalue weighted by molar-refractivity contribution is 7.95. The molecule has 6 unspecified atom stereocenters. The van der Waals surface area contributed by atoms with Gasteiger partial charge in [0.15, 0.2) is 18.2 Å². The molecule has 2 heterocycles. The maximum atomic E-state index is 12.2. The number of nitrogens with two attached hydrogens (primary N) is 1. The first-order valence-electron chi connectivity index (χ1n) is 8.31. The molecule has 2 rings (SSSR count). The van der Waals surface area contributed by atoms with Gasteiger partial charge in [0.1, 0.15) is 24.7 Å². The monoisotopic (exact) mass is 406 g/mol. The van der Waals surface area contributed by atoms with Crippen molar-refractivity contribution in [2.24, 2.45) is 5.73 Å². The van der Waals surface area contributed by atoms with Crippen LogP contribution in [0.3, 0.4) is 0 Å². The predicted molar refractivity (Wildman–Crippen MR) is 97.6 cm³/mol. The number of amidine groups is 1.